The molecule has 2 rings (SSSR count). The number of piperidine rings is 1. The van der Waals surface area contributed by atoms with Crippen molar-refractivity contribution in [1.82, 2.24) is 14.9 Å². The quantitative estimate of drug-likeness (QED) is 0.804. The van der Waals surface area contributed by atoms with Gasteiger partial charge in [0, 0.05) is 25.5 Å². The molecule has 94 valence electrons. The van der Waals surface area contributed by atoms with Gasteiger partial charge in [0.05, 0.1) is 12.3 Å². The predicted octanol–water partition coefficient (Wildman–Crippen LogP) is 1.34. The molecule has 1 aliphatic rings. The van der Waals surface area contributed by atoms with Crippen LogP contribution in [0.25, 0.3) is 0 Å². The van der Waals surface area contributed by atoms with Crippen molar-refractivity contribution in [2.45, 2.75) is 17.6 Å². The zero-order valence-corrected chi connectivity index (χ0v) is 11.0. The Hall–Kier alpha value is -1.61. The zero-order valence-electron chi connectivity index (χ0n) is 10.2. The van der Waals surface area contributed by atoms with Gasteiger partial charge in [-0.3, -0.25) is 9.78 Å². The SMILES string of the molecule is CSC1(C#N)CCN(C(=O)c2cnccn2)CC1. The summed E-state index contributed by atoms with van der Waals surface area (Å²) < 4.78 is -0.334. The monoisotopic (exact) mass is 262 g/mol. The largest absolute Gasteiger partial charge is 0.337 e. The van der Waals surface area contributed by atoms with E-state index >= 15 is 0 Å². The number of nitriles is 1. The molecule has 2 heterocycles. The summed E-state index contributed by atoms with van der Waals surface area (Å²) in [4.78, 5) is 21.8. The van der Waals surface area contributed by atoms with Crippen LogP contribution in [0, 0.1) is 11.3 Å². The van der Waals surface area contributed by atoms with Crippen LogP contribution in [0.1, 0.15) is 23.3 Å². The van der Waals surface area contributed by atoms with E-state index in [2.05, 4.69) is 16.0 Å². The highest BCUT2D eigenvalue weighted by Crippen LogP contribution is 2.33. The highest BCUT2D eigenvalue weighted by molar-refractivity contribution is 8.00. The minimum atomic E-state index is -0.334. The number of thioether (sulfide) groups is 1. The fourth-order valence-corrected chi connectivity index (χ4v) is 2.69. The summed E-state index contributed by atoms with van der Waals surface area (Å²) in [6, 6.07) is 2.36. The summed E-state index contributed by atoms with van der Waals surface area (Å²) in [5.41, 5.74) is 0.367. The van der Waals surface area contributed by atoms with E-state index in [-0.39, 0.29) is 10.7 Å². The maximum atomic E-state index is 12.1. The first-order valence-corrected chi connectivity index (χ1v) is 6.95. The Morgan fingerprint density at radius 2 is 2.22 bits per heavy atom. The average Bonchev–Trinajstić information content (AvgIpc) is 2.47. The van der Waals surface area contributed by atoms with Crippen molar-refractivity contribution in [3.05, 3.63) is 24.3 Å². The summed E-state index contributed by atoms with van der Waals surface area (Å²) in [6.45, 7) is 1.20. The molecule has 18 heavy (non-hydrogen) atoms. The zero-order chi connectivity index (χ0) is 13.0. The molecule has 5 nitrogen and oxygen atoms in total. The van der Waals surface area contributed by atoms with E-state index in [0.29, 0.717) is 31.6 Å². The lowest BCUT2D eigenvalue weighted by Gasteiger charge is -2.35. The second kappa shape index (κ2) is 5.36. The Labute approximate surface area is 110 Å². The van der Waals surface area contributed by atoms with E-state index in [9.17, 15) is 10.1 Å². The molecule has 1 aromatic heterocycles. The number of nitrogens with zero attached hydrogens (tertiary/aromatic N) is 4. The third kappa shape index (κ3) is 2.46. The molecule has 0 unspecified atom stereocenters. The molecule has 0 N–H and O–H groups in total. The van der Waals surface area contributed by atoms with Gasteiger partial charge in [-0.2, -0.15) is 5.26 Å². The van der Waals surface area contributed by atoms with Crippen LogP contribution in [-0.4, -0.2) is 44.9 Å². The van der Waals surface area contributed by atoms with Gasteiger partial charge in [0.15, 0.2) is 0 Å². The van der Waals surface area contributed by atoms with E-state index < -0.39 is 0 Å². The van der Waals surface area contributed by atoms with Gasteiger partial charge >= 0.3 is 0 Å². The molecule has 0 atom stereocenters. The number of carbonyl (C=O) groups is 1. The van der Waals surface area contributed by atoms with Gasteiger partial charge in [-0.1, -0.05) is 0 Å². The lowest BCUT2D eigenvalue weighted by molar-refractivity contribution is 0.0710. The van der Waals surface area contributed by atoms with E-state index in [4.69, 9.17) is 0 Å². The third-order valence-corrected chi connectivity index (χ3v) is 4.52. The number of rotatable bonds is 2. The number of aromatic nitrogens is 2. The maximum absolute atomic E-state index is 12.1. The minimum Gasteiger partial charge on any atom is -0.337 e. The van der Waals surface area contributed by atoms with Gasteiger partial charge in [-0.15, -0.1) is 11.8 Å². The van der Waals surface area contributed by atoms with Crippen LogP contribution in [0.15, 0.2) is 18.6 Å². The van der Waals surface area contributed by atoms with Crippen LogP contribution in [-0.2, 0) is 0 Å². The lowest BCUT2D eigenvalue weighted by Crippen LogP contribution is -2.44. The molecule has 0 radical (unpaired) electrons. The number of hydrogen-bond acceptors (Lipinski definition) is 5. The van der Waals surface area contributed by atoms with Crippen molar-refractivity contribution in [3.63, 3.8) is 0 Å². The molecule has 1 aliphatic heterocycles. The summed E-state index contributed by atoms with van der Waals surface area (Å²) >= 11 is 1.58. The van der Waals surface area contributed by atoms with Crippen LogP contribution in [0.3, 0.4) is 0 Å². The predicted molar refractivity (Wildman–Crippen MR) is 69.0 cm³/mol. The molecule has 6 heteroatoms. The number of likely N-dealkylation sites (tertiary alicyclic amines) is 1. The molecule has 0 bridgehead atoms. The molecule has 0 spiro atoms. The molecule has 0 aromatic carbocycles. The number of carbonyl (C=O) groups excluding carboxylic acids is 1. The Balaban J connectivity index is 2.03. The third-order valence-electron chi connectivity index (χ3n) is 3.24. The Morgan fingerprint density at radius 3 is 2.72 bits per heavy atom. The Bertz CT molecular complexity index is 463. The van der Waals surface area contributed by atoms with Gasteiger partial charge in [0.2, 0.25) is 0 Å². The molecule has 1 aromatic rings. The molecule has 1 fully saturated rings. The van der Waals surface area contributed by atoms with Crippen molar-refractivity contribution in [3.8, 4) is 6.07 Å². The highest BCUT2D eigenvalue weighted by Gasteiger charge is 2.35. The number of amides is 1. The fourth-order valence-electron chi connectivity index (χ4n) is 2.00. The van der Waals surface area contributed by atoms with Crippen LogP contribution in [0.4, 0.5) is 0 Å². The summed E-state index contributed by atoms with van der Waals surface area (Å²) in [5.74, 6) is -0.101. The summed E-state index contributed by atoms with van der Waals surface area (Å²) in [7, 11) is 0. The topological polar surface area (TPSA) is 69.9 Å². The smallest absolute Gasteiger partial charge is 0.274 e. The van der Waals surface area contributed by atoms with Gasteiger partial charge in [-0.25, -0.2) is 4.98 Å². The molecule has 1 amide bonds. The van der Waals surface area contributed by atoms with Gasteiger partial charge in [0.25, 0.3) is 5.91 Å². The van der Waals surface area contributed by atoms with E-state index in [1.54, 1.807) is 22.9 Å². The van der Waals surface area contributed by atoms with Crippen molar-refractivity contribution in [1.29, 1.82) is 5.26 Å². The van der Waals surface area contributed by atoms with E-state index in [1.165, 1.54) is 12.4 Å². The summed E-state index contributed by atoms with van der Waals surface area (Å²) in [5, 5.41) is 9.19. The molecule has 0 aliphatic carbocycles. The van der Waals surface area contributed by atoms with Crippen molar-refractivity contribution in [2.75, 3.05) is 19.3 Å². The first-order valence-electron chi connectivity index (χ1n) is 5.72. The van der Waals surface area contributed by atoms with Crippen LogP contribution in [0.5, 0.6) is 0 Å². The summed E-state index contributed by atoms with van der Waals surface area (Å²) in [6.07, 6.45) is 7.89. The molecular formula is C12H14N4OS. The van der Waals surface area contributed by atoms with Crippen LogP contribution >= 0.6 is 11.8 Å². The minimum absolute atomic E-state index is 0.101. The first-order chi connectivity index (χ1) is 8.71. The van der Waals surface area contributed by atoms with Crippen molar-refractivity contribution >= 4 is 17.7 Å². The second-order valence-corrected chi connectivity index (χ2v) is 5.38. The maximum Gasteiger partial charge on any atom is 0.274 e. The van der Waals surface area contributed by atoms with Crippen molar-refractivity contribution in [2.24, 2.45) is 0 Å². The van der Waals surface area contributed by atoms with Gasteiger partial charge in [0.1, 0.15) is 10.4 Å². The molecular weight excluding hydrogens is 248 g/mol. The first kappa shape index (κ1) is 12.8. The molecule has 0 saturated carbocycles. The average molecular weight is 262 g/mol. The van der Waals surface area contributed by atoms with Crippen LogP contribution in [0.2, 0.25) is 0 Å². The highest BCUT2D eigenvalue weighted by atomic mass is 32.2. The van der Waals surface area contributed by atoms with E-state index in [1.807, 2.05) is 6.26 Å². The van der Waals surface area contributed by atoms with Gasteiger partial charge < -0.3 is 4.90 Å². The van der Waals surface area contributed by atoms with Crippen LogP contribution < -0.4 is 0 Å². The lowest BCUT2D eigenvalue weighted by atomic mass is 9.97. The van der Waals surface area contributed by atoms with E-state index in [0.717, 1.165) is 0 Å². The Kier molecular flexibility index (Phi) is 3.82. The fraction of sp³-hybridized carbons (Fsp3) is 0.500. The molecule has 1 saturated heterocycles. The van der Waals surface area contributed by atoms with Gasteiger partial charge in [-0.05, 0) is 19.1 Å². The second-order valence-electron chi connectivity index (χ2n) is 4.19. The van der Waals surface area contributed by atoms with Crippen molar-refractivity contribution < 1.29 is 4.79 Å². The Morgan fingerprint density at radius 1 is 1.50 bits per heavy atom. The standard InChI is InChI=1S/C12H14N4OS/c1-18-12(9-13)2-6-16(7-3-12)11(17)10-8-14-4-5-15-10/h4-5,8H,2-3,6-7H2,1H3. The number of hydrogen-bond donors (Lipinski definition) is 0. The normalized spacial score (nSPS) is 18.1.